The maximum Gasteiger partial charge on any atom is 0.123 e. The molecule has 1 aliphatic rings. The van der Waals surface area contributed by atoms with Crippen LogP contribution in [0.5, 0.6) is 5.75 Å². The molecule has 0 radical (unpaired) electrons. The van der Waals surface area contributed by atoms with Crippen molar-refractivity contribution < 1.29 is 9.13 Å². The van der Waals surface area contributed by atoms with E-state index < -0.39 is 0 Å². The first kappa shape index (κ1) is 13.3. The van der Waals surface area contributed by atoms with Crippen LogP contribution in [0.2, 0.25) is 0 Å². The number of halogens is 1. The molecule has 0 aromatic heterocycles. The lowest BCUT2D eigenvalue weighted by Crippen LogP contribution is -2.25. The highest BCUT2D eigenvalue weighted by molar-refractivity contribution is 5.37. The van der Waals surface area contributed by atoms with Crippen molar-refractivity contribution in [3.05, 3.63) is 29.6 Å². The molecule has 0 saturated heterocycles. The van der Waals surface area contributed by atoms with Crippen LogP contribution in [-0.4, -0.2) is 19.7 Å². The monoisotopic (exact) mass is 251 g/mol. The molecule has 0 saturated carbocycles. The van der Waals surface area contributed by atoms with E-state index in [-0.39, 0.29) is 11.9 Å². The first-order valence-electron chi connectivity index (χ1n) is 6.82. The molecular formula is C15H22FNO. The Morgan fingerprint density at radius 2 is 2.33 bits per heavy atom. The fraction of sp³-hybridized carbons (Fsp3) is 0.600. The Balaban J connectivity index is 1.93. The minimum absolute atomic E-state index is 0.168. The van der Waals surface area contributed by atoms with E-state index in [4.69, 9.17) is 4.74 Å². The van der Waals surface area contributed by atoms with Gasteiger partial charge in [0.15, 0.2) is 0 Å². The molecule has 18 heavy (non-hydrogen) atoms. The van der Waals surface area contributed by atoms with E-state index in [1.165, 1.54) is 18.9 Å². The van der Waals surface area contributed by atoms with Gasteiger partial charge in [0.1, 0.15) is 17.7 Å². The lowest BCUT2D eigenvalue weighted by atomic mass is 9.94. The quantitative estimate of drug-likeness (QED) is 0.838. The number of nitrogens with one attached hydrogen (secondary N) is 1. The summed E-state index contributed by atoms with van der Waals surface area (Å²) in [6.07, 6.45) is 4.51. The second-order valence-corrected chi connectivity index (χ2v) is 5.14. The van der Waals surface area contributed by atoms with Crippen molar-refractivity contribution in [3.8, 4) is 5.75 Å². The van der Waals surface area contributed by atoms with E-state index in [9.17, 15) is 4.39 Å². The van der Waals surface area contributed by atoms with E-state index in [0.717, 1.165) is 30.7 Å². The lowest BCUT2D eigenvalue weighted by Gasteiger charge is -2.19. The van der Waals surface area contributed by atoms with Gasteiger partial charge in [-0.25, -0.2) is 4.39 Å². The molecule has 1 N–H and O–H groups in total. The summed E-state index contributed by atoms with van der Waals surface area (Å²) in [5, 5.41) is 3.24. The Morgan fingerprint density at radius 3 is 3.06 bits per heavy atom. The van der Waals surface area contributed by atoms with Crippen molar-refractivity contribution in [3.63, 3.8) is 0 Å². The van der Waals surface area contributed by atoms with Gasteiger partial charge in [-0.15, -0.1) is 0 Å². The van der Waals surface area contributed by atoms with E-state index >= 15 is 0 Å². The van der Waals surface area contributed by atoms with E-state index in [2.05, 4.69) is 12.2 Å². The zero-order valence-corrected chi connectivity index (χ0v) is 11.2. The Morgan fingerprint density at radius 1 is 1.50 bits per heavy atom. The van der Waals surface area contributed by atoms with E-state index in [0.29, 0.717) is 5.92 Å². The topological polar surface area (TPSA) is 21.3 Å². The minimum atomic E-state index is -0.168. The number of hydrogen-bond donors (Lipinski definition) is 1. The van der Waals surface area contributed by atoms with Gasteiger partial charge in [0, 0.05) is 12.0 Å². The number of hydrogen-bond acceptors (Lipinski definition) is 2. The highest BCUT2D eigenvalue weighted by Gasteiger charge is 2.25. The summed E-state index contributed by atoms with van der Waals surface area (Å²) in [5.74, 6) is 1.34. The molecule has 0 bridgehead atoms. The first-order chi connectivity index (χ1) is 8.72. The van der Waals surface area contributed by atoms with Crippen molar-refractivity contribution in [2.45, 2.75) is 38.7 Å². The first-order valence-corrected chi connectivity index (χ1v) is 6.82. The predicted molar refractivity (Wildman–Crippen MR) is 71.5 cm³/mol. The van der Waals surface area contributed by atoms with Crippen molar-refractivity contribution in [1.82, 2.24) is 5.32 Å². The van der Waals surface area contributed by atoms with Crippen LogP contribution in [0.1, 0.15) is 31.7 Å². The third-order valence-corrected chi connectivity index (χ3v) is 3.55. The molecule has 0 spiro atoms. The molecule has 1 aromatic carbocycles. The molecule has 0 aliphatic carbocycles. The molecule has 0 amide bonds. The number of ether oxygens (including phenoxy) is 1. The van der Waals surface area contributed by atoms with Crippen molar-refractivity contribution >= 4 is 0 Å². The molecule has 1 aliphatic heterocycles. The van der Waals surface area contributed by atoms with Gasteiger partial charge in [-0.3, -0.25) is 0 Å². The normalized spacial score (nSPS) is 19.4. The summed E-state index contributed by atoms with van der Waals surface area (Å²) in [6.45, 7) is 3.24. The molecule has 2 atom stereocenters. The van der Waals surface area contributed by atoms with Crippen molar-refractivity contribution in [2.24, 2.45) is 5.92 Å². The highest BCUT2D eigenvalue weighted by Crippen LogP contribution is 2.32. The fourth-order valence-electron chi connectivity index (χ4n) is 2.79. The van der Waals surface area contributed by atoms with Gasteiger partial charge in [0.2, 0.25) is 0 Å². The van der Waals surface area contributed by atoms with Crippen LogP contribution in [0, 0.1) is 11.7 Å². The number of fused-ring (bicyclic) bond motifs is 1. The molecule has 2 rings (SSSR count). The van der Waals surface area contributed by atoms with Crippen LogP contribution in [0.15, 0.2) is 18.2 Å². The number of rotatable bonds is 6. The SMILES string of the molecule is CCCC(CNC)CC1Cc2cc(F)ccc2O1. The standard InChI is InChI=1S/C15H22FNO/c1-3-4-11(10-17-2)7-14-9-12-8-13(16)5-6-15(12)18-14/h5-6,8,11,14,17H,3-4,7,9-10H2,1-2H3. The predicted octanol–water partition coefficient (Wildman–Crippen LogP) is 3.16. The smallest absolute Gasteiger partial charge is 0.123 e. The summed E-state index contributed by atoms with van der Waals surface area (Å²) in [4.78, 5) is 0. The molecule has 0 fully saturated rings. The zero-order chi connectivity index (χ0) is 13.0. The van der Waals surface area contributed by atoms with Gasteiger partial charge < -0.3 is 10.1 Å². The maximum atomic E-state index is 13.1. The summed E-state index contributed by atoms with van der Waals surface area (Å²) < 4.78 is 19.0. The van der Waals surface area contributed by atoms with Crippen LogP contribution in [0.25, 0.3) is 0 Å². The highest BCUT2D eigenvalue weighted by atomic mass is 19.1. The second kappa shape index (κ2) is 6.19. The van der Waals surface area contributed by atoms with Gasteiger partial charge >= 0.3 is 0 Å². The van der Waals surface area contributed by atoms with Crippen LogP contribution < -0.4 is 10.1 Å². The summed E-state index contributed by atoms with van der Waals surface area (Å²) in [5.41, 5.74) is 1.01. The van der Waals surface area contributed by atoms with Crippen LogP contribution in [-0.2, 0) is 6.42 Å². The van der Waals surface area contributed by atoms with Crippen molar-refractivity contribution in [1.29, 1.82) is 0 Å². The zero-order valence-electron chi connectivity index (χ0n) is 11.2. The average molecular weight is 251 g/mol. The Labute approximate surface area is 109 Å². The molecule has 2 nitrogen and oxygen atoms in total. The largest absolute Gasteiger partial charge is 0.490 e. The van der Waals surface area contributed by atoms with Crippen molar-refractivity contribution in [2.75, 3.05) is 13.6 Å². The molecule has 1 aromatic rings. The number of benzene rings is 1. The third kappa shape index (κ3) is 3.22. The van der Waals surface area contributed by atoms with E-state index in [1.54, 1.807) is 12.1 Å². The molecule has 1 heterocycles. The van der Waals surface area contributed by atoms with Crippen LogP contribution in [0.3, 0.4) is 0 Å². The van der Waals surface area contributed by atoms with Gasteiger partial charge in [0.05, 0.1) is 0 Å². The second-order valence-electron chi connectivity index (χ2n) is 5.14. The van der Waals surface area contributed by atoms with Gasteiger partial charge in [-0.05, 0) is 50.6 Å². The lowest BCUT2D eigenvalue weighted by molar-refractivity contribution is 0.188. The third-order valence-electron chi connectivity index (χ3n) is 3.55. The fourth-order valence-corrected chi connectivity index (χ4v) is 2.79. The van der Waals surface area contributed by atoms with Gasteiger partial charge in [0.25, 0.3) is 0 Å². The maximum absolute atomic E-state index is 13.1. The van der Waals surface area contributed by atoms with Crippen LogP contribution >= 0.6 is 0 Å². The molecular weight excluding hydrogens is 229 g/mol. The summed E-state index contributed by atoms with van der Waals surface area (Å²) in [7, 11) is 1.99. The Hall–Kier alpha value is -1.09. The van der Waals surface area contributed by atoms with Gasteiger partial charge in [-0.1, -0.05) is 13.3 Å². The van der Waals surface area contributed by atoms with E-state index in [1.807, 2.05) is 7.05 Å². The summed E-state index contributed by atoms with van der Waals surface area (Å²) in [6, 6.07) is 4.82. The Kier molecular flexibility index (Phi) is 4.59. The Bertz CT molecular complexity index is 388. The summed E-state index contributed by atoms with van der Waals surface area (Å²) >= 11 is 0. The van der Waals surface area contributed by atoms with Gasteiger partial charge in [-0.2, -0.15) is 0 Å². The molecule has 2 unspecified atom stereocenters. The molecule has 100 valence electrons. The average Bonchev–Trinajstić information content (AvgIpc) is 2.71. The molecule has 3 heteroatoms. The minimum Gasteiger partial charge on any atom is -0.490 e. The van der Waals surface area contributed by atoms with Crippen LogP contribution in [0.4, 0.5) is 4.39 Å².